The first-order valence-corrected chi connectivity index (χ1v) is 6.69. The summed E-state index contributed by atoms with van der Waals surface area (Å²) < 4.78 is 1.34. The van der Waals surface area contributed by atoms with Gasteiger partial charge in [-0.25, -0.2) is 0 Å². The molecule has 5 nitrogen and oxygen atoms in total. The summed E-state index contributed by atoms with van der Waals surface area (Å²) in [5, 5.41) is 4.33. The van der Waals surface area contributed by atoms with E-state index in [1.165, 1.54) is 4.57 Å². The number of hydrogen-bond donors (Lipinski definition) is 2. The van der Waals surface area contributed by atoms with E-state index in [2.05, 4.69) is 5.32 Å². The van der Waals surface area contributed by atoms with Crippen LogP contribution in [0.1, 0.15) is 5.56 Å². The zero-order valence-corrected chi connectivity index (χ0v) is 11.5. The number of carbonyl (C=O) groups excluding carboxylic acids is 1. The van der Waals surface area contributed by atoms with Crippen LogP contribution in [0.4, 0.5) is 5.69 Å². The first-order chi connectivity index (χ1) is 9.08. The van der Waals surface area contributed by atoms with E-state index in [4.69, 9.17) is 18.0 Å². The van der Waals surface area contributed by atoms with Crippen LogP contribution in [0.25, 0.3) is 0 Å². The van der Waals surface area contributed by atoms with Gasteiger partial charge in [0, 0.05) is 17.1 Å². The van der Waals surface area contributed by atoms with Gasteiger partial charge in [0.2, 0.25) is 5.91 Å². The molecular formula is C12H11N3O2S2. The van der Waals surface area contributed by atoms with Gasteiger partial charge in [-0.05, 0) is 12.1 Å². The summed E-state index contributed by atoms with van der Waals surface area (Å²) in [6.45, 7) is -0.0337. The lowest BCUT2D eigenvalue weighted by molar-refractivity contribution is -0.116. The fourth-order valence-corrected chi connectivity index (χ4v) is 2.32. The maximum Gasteiger partial charge on any atom is 0.307 e. The summed E-state index contributed by atoms with van der Waals surface area (Å²) in [6.07, 6.45) is 1.58. The standard InChI is InChI=1S/C12H11N3O2S2/c13-11(18)8-3-1-2-4-9(8)14-10(16)7-15-5-6-19-12(15)17/h1-6H,7H2,(H2,13,18)(H,14,16). The number of nitrogens with zero attached hydrogens (tertiary/aromatic N) is 1. The predicted molar refractivity (Wildman–Crippen MR) is 79.5 cm³/mol. The largest absolute Gasteiger partial charge is 0.389 e. The van der Waals surface area contributed by atoms with Gasteiger partial charge in [-0.3, -0.25) is 14.2 Å². The van der Waals surface area contributed by atoms with E-state index in [0.717, 1.165) is 11.3 Å². The second-order valence-corrected chi connectivity index (χ2v) is 5.05. The minimum atomic E-state index is -0.302. The Labute approximate surface area is 118 Å². The zero-order valence-electron chi connectivity index (χ0n) is 9.83. The monoisotopic (exact) mass is 293 g/mol. The Hall–Kier alpha value is -1.99. The molecule has 0 bridgehead atoms. The average Bonchev–Trinajstić information content (AvgIpc) is 2.75. The molecule has 0 atom stereocenters. The number of carbonyl (C=O) groups is 1. The fraction of sp³-hybridized carbons (Fsp3) is 0.0833. The van der Waals surface area contributed by atoms with Gasteiger partial charge in [0.05, 0.1) is 5.69 Å². The molecule has 1 aromatic carbocycles. The number of benzene rings is 1. The van der Waals surface area contributed by atoms with Crippen LogP contribution in [0, 0.1) is 0 Å². The van der Waals surface area contributed by atoms with Crippen LogP contribution in [-0.2, 0) is 11.3 Å². The molecule has 0 saturated heterocycles. The Kier molecular flexibility index (Phi) is 4.08. The number of aromatic nitrogens is 1. The summed E-state index contributed by atoms with van der Waals surface area (Å²) in [5.41, 5.74) is 6.72. The van der Waals surface area contributed by atoms with Crippen molar-refractivity contribution in [3.05, 3.63) is 51.1 Å². The second kappa shape index (κ2) is 5.77. The first-order valence-electron chi connectivity index (χ1n) is 5.40. The van der Waals surface area contributed by atoms with Crippen molar-refractivity contribution in [3.8, 4) is 0 Å². The Morgan fingerprint density at radius 1 is 1.42 bits per heavy atom. The van der Waals surface area contributed by atoms with Gasteiger partial charge < -0.3 is 11.1 Å². The molecule has 1 heterocycles. The number of anilines is 1. The zero-order chi connectivity index (χ0) is 13.8. The molecule has 0 fully saturated rings. The van der Waals surface area contributed by atoms with E-state index < -0.39 is 0 Å². The molecular weight excluding hydrogens is 282 g/mol. The van der Waals surface area contributed by atoms with Gasteiger partial charge in [-0.15, -0.1) is 0 Å². The number of hydrogen-bond acceptors (Lipinski definition) is 4. The Morgan fingerprint density at radius 3 is 2.79 bits per heavy atom. The molecule has 19 heavy (non-hydrogen) atoms. The molecule has 7 heteroatoms. The lowest BCUT2D eigenvalue weighted by atomic mass is 10.2. The van der Waals surface area contributed by atoms with Crippen molar-refractivity contribution in [2.45, 2.75) is 6.54 Å². The quantitative estimate of drug-likeness (QED) is 0.830. The average molecular weight is 293 g/mol. The van der Waals surface area contributed by atoms with E-state index in [9.17, 15) is 9.59 Å². The lowest BCUT2D eigenvalue weighted by Crippen LogP contribution is -2.25. The molecule has 3 N–H and O–H groups in total. The van der Waals surface area contributed by atoms with Crippen molar-refractivity contribution >= 4 is 40.1 Å². The summed E-state index contributed by atoms with van der Waals surface area (Å²) in [4.78, 5) is 23.2. The van der Waals surface area contributed by atoms with E-state index in [0.29, 0.717) is 11.3 Å². The maximum atomic E-state index is 11.9. The van der Waals surface area contributed by atoms with Crippen molar-refractivity contribution < 1.29 is 4.79 Å². The molecule has 0 aliphatic heterocycles. The molecule has 0 aliphatic rings. The van der Waals surface area contributed by atoms with Gasteiger partial charge in [-0.1, -0.05) is 35.7 Å². The summed E-state index contributed by atoms with van der Waals surface area (Å²) in [6, 6.07) is 7.00. The van der Waals surface area contributed by atoms with Gasteiger partial charge in [0.1, 0.15) is 11.5 Å². The lowest BCUT2D eigenvalue weighted by Gasteiger charge is -2.09. The topological polar surface area (TPSA) is 77.1 Å². The predicted octanol–water partition coefficient (Wildman–Crippen LogP) is 1.18. The van der Waals surface area contributed by atoms with Gasteiger partial charge in [0.25, 0.3) is 0 Å². The molecule has 0 unspecified atom stereocenters. The number of para-hydroxylation sites is 1. The van der Waals surface area contributed by atoms with Crippen molar-refractivity contribution in [1.29, 1.82) is 0 Å². The van der Waals surface area contributed by atoms with E-state index in [1.54, 1.807) is 35.8 Å². The molecule has 2 rings (SSSR count). The van der Waals surface area contributed by atoms with Crippen molar-refractivity contribution in [2.24, 2.45) is 5.73 Å². The molecule has 2 aromatic rings. The molecule has 0 saturated carbocycles. The van der Waals surface area contributed by atoms with E-state index in [1.807, 2.05) is 0 Å². The maximum absolute atomic E-state index is 11.9. The fourth-order valence-electron chi connectivity index (χ4n) is 1.56. The highest BCUT2D eigenvalue weighted by Crippen LogP contribution is 2.14. The number of rotatable bonds is 4. The third kappa shape index (κ3) is 3.27. The van der Waals surface area contributed by atoms with Gasteiger partial charge in [-0.2, -0.15) is 0 Å². The summed E-state index contributed by atoms with van der Waals surface area (Å²) in [7, 11) is 0. The Balaban J connectivity index is 2.14. The van der Waals surface area contributed by atoms with Gasteiger partial charge >= 0.3 is 4.87 Å². The minimum absolute atomic E-state index is 0.0337. The molecule has 98 valence electrons. The van der Waals surface area contributed by atoms with Crippen LogP contribution in [0.15, 0.2) is 40.6 Å². The van der Waals surface area contributed by atoms with Crippen molar-refractivity contribution in [2.75, 3.05) is 5.32 Å². The highest BCUT2D eigenvalue weighted by atomic mass is 32.1. The highest BCUT2D eigenvalue weighted by Gasteiger charge is 2.09. The first kappa shape index (κ1) is 13.4. The van der Waals surface area contributed by atoms with Crippen LogP contribution in [0.5, 0.6) is 0 Å². The summed E-state index contributed by atoms with van der Waals surface area (Å²) >= 11 is 5.96. The normalized spacial score (nSPS) is 10.1. The Bertz CT molecular complexity index is 675. The molecule has 0 radical (unpaired) electrons. The molecule has 1 aromatic heterocycles. The van der Waals surface area contributed by atoms with Crippen LogP contribution in [0.3, 0.4) is 0 Å². The third-order valence-electron chi connectivity index (χ3n) is 2.42. The number of thiazole rings is 1. The minimum Gasteiger partial charge on any atom is -0.389 e. The van der Waals surface area contributed by atoms with E-state index in [-0.39, 0.29) is 22.3 Å². The van der Waals surface area contributed by atoms with Crippen LogP contribution in [0.2, 0.25) is 0 Å². The number of thiocarbonyl (C=S) groups is 1. The van der Waals surface area contributed by atoms with E-state index >= 15 is 0 Å². The van der Waals surface area contributed by atoms with Crippen LogP contribution >= 0.6 is 23.6 Å². The number of amides is 1. The highest BCUT2D eigenvalue weighted by molar-refractivity contribution is 7.80. The summed E-state index contributed by atoms with van der Waals surface area (Å²) in [5.74, 6) is -0.302. The third-order valence-corrected chi connectivity index (χ3v) is 3.34. The number of nitrogens with one attached hydrogen (secondary N) is 1. The molecule has 1 amide bonds. The molecule has 0 spiro atoms. The second-order valence-electron chi connectivity index (χ2n) is 3.75. The number of nitrogens with two attached hydrogens (primary N) is 1. The smallest absolute Gasteiger partial charge is 0.307 e. The molecule has 0 aliphatic carbocycles. The van der Waals surface area contributed by atoms with Gasteiger partial charge in [0.15, 0.2) is 0 Å². The van der Waals surface area contributed by atoms with Crippen molar-refractivity contribution in [1.82, 2.24) is 4.57 Å². The van der Waals surface area contributed by atoms with Crippen molar-refractivity contribution in [3.63, 3.8) is 0 Å². The van der Waals surface area contributed by atoms with Crippen LogP contribution < -0.4 is 15.9 Å². The SMILES string of the molecule is NC(=S)c1ccccc1NC(=O)Cn1ccsc1=O. The van der Waals surface area contributed by atoms with Crippen LogP contribution in [-0.4, -0.2) is 15.5 Å². The Morgan fingerprint density at radius 2 is 2.16 bits per heavy atom.